The zero-order chi connectivity index (χ0) is 18.2. The number of H-pyrrole nitrogens is 1. The summed E-state index contributed by atoms with van der Waals surface area (Å²) in [6, 6.07) is 6.68. The Hall–Kier alpha value is -2.21. The first-order valence-electron chi connectivity index (χ1n) is 8.20. The van der Waals surface area contributed by atoms with E-state index in [1.54, 1.807) is 12.3 Å². The molecule has 0 fully saturated rings. The minimum atomic E-state index is -2.52. The number of ether oxygens (including phenoxy) is 1. The number of hydrogen-bond donors (Lipinski definition) is 1. The summed E-state index contributed by atoms with van der Waals surface area (Å²) in [6.07, 6.45) is 1.75. The second-order valence-corrected chi connectivity index (χ2v) is 6.46. The summed E-state index contributed by atoms with van der Waals surface area (Å²) in [4.78, 5) is 11.6. The second kappa shape index (κ2) is 5.88. The molecule has 3 aromatic rings. The lowest BCUT2D eigenvalue weighted by molar-refractivity contribution is 0.415. The van der Waals surface area contributed by atoms with Gasteiger partial charge in [-0.1, -0.05) is 6.07 Å². The number of rotatable bonds is 4. The number of fused-ring (bicyclic) bond motifs is 1. The highest BCUT2D eigenvalue weighted by Crippen LogP contribution is 2.21. The smallest absolute Gasteiger partial charge is 0.197 e. The average molecular weight is 318 g/mol. The van der Waals surface area contributed by atoms with Gasteiger partial charge in [0.15, 0.2) is 5.16 Å². The Morgan fingerprint density at radius 2 is 2.23 bits per heavy atom. The Labute approximate surface area is 135 Å². The Morgan fingerprint density at radius 3 is 3.00 bits per heavy atom. The van der Waals surface area contributed by atoms with Crippen LogP contribution in [0, 0.1) is 13.8 Å². The van der Waals surface area contributed by atoms with E-state index in [1.807, 2.05) is 19.9 Å². The predicted molar refractivity (Wildman–Crippen MR) is 86.5 cm³/mol. The first kappa shape index (κ1) is 11.4. The average Bonchev–Trinajstić information content (AvgIpc) is 2.91. The van der Waals surface area contributed by atoms with Gasteiger partial charge < -0.3 is 9.72 Å². The number of aryl methyl sites for hydroxylation is 2. The summed E-state index contributed by atoms with van der Waals surface area (Å²) in [5.74, 6) is 0.453. The van der Waals surface area contributed by atoms with Crippen molar-refractivity contribution in [2.45, 2.75) is 24.8 Å². The van der Waals surface area contributed by atoms with Crippen molar-refractivity contribution in [1.29, 1.82) is 0 Å². The van der Waals surface area contributed by atoms with Crippen LogP contribution in [0.2, 0.25) is 0 Å². The summed E-state index contributed by atoms with van der Waals surface area (Å²) >= 11 is 0. The molecule has 1 unspecified atom stereocenters. The number of aromatic amines is 1. The van der Waals surface area contributed by atoms with Gasteiger partial charge in [0.1, 0.15) is 5.75 Å². The van der Waals surface area contributed by atoms with Crippen molar-refractivity contribution in [3.8, 4) is 5.75 Å². The first-order valence-corrected chi connectivity index (χ1v) is 8.02. The molecule has 2 aromatic heterocycles. The number of pyridine rings is 1. The maximum atomic E-state index is 12.6. The number of hydrogen-bond acceptors (Lipinski definition) is 4. The highest BCUT2D eigenvalue weighted by atomic mass is 32.2. The molecule has 0 aliphatic heterocycles. The molecule has 1 N–H and O–H groups in total. The molecule has 22 heavy (non-hydrogen) atoms. The molecule has 0 radical (unpaired) electrons. The van der Waals surface area contributed by atoms with E-state index < -0.39 is 17.8 Å². The molecule has 1 aromatic carbocycles. The zero-order valence-corrected chi connectivity index (χ0v) is 13.0. The fourth-order valence-electron chi connectivity index (χ4n) is 2.22. The molecule has 0 saturated heterocycles. The van der Waals surface area contributed by atoms with Crippen molar-refractivity contribution in [3.05, 3.63) is 47.3 Å². The van der Waals surface area contributed by atoms with Crippen LogP contribution in [0.15, 0.2) is 35.6 Å². The molecule has 0 aliphatic carbocycles. The van der Waals surface area contributed by atoms with Gasteiger partial charge in [0, 0.05) is 12.3 Å². The van der Waals surface area contributed by atoms with E-state index in [0.29, 0.717) is 16.2 Å². The Kier molecular flexibility index (Phi) is 3.04. The lowest BCUT2D eigenvalue weighted by Crippen LogP contribution is -2.03. The minimum Gasteiger partial charge on any atom is -0.497 e. The van der Waals surface area contributed by atoms with Gasteiger partial charge in [0.25, 0.3) is 0 Å². The lowest BCUT2D eigenvalue weighted by Gasteiger charge is -2.04. The van der Waals surface area contributed by atoms with E-state index >= 15 is 0 Å². The number of methoxy groups -OCH3 is 1. The SMILES string of the molecule is [2H]C([2H])([2H])Oc1ccc2nc(S(=O)Cc3ncc(C)cc3C)[nH]c2c1. The molecule has 0 aliphatic rings. The normalized spacial score (nSPS) is 15.1. The molecule has 5 nitrogen and oxygen atoms in total. The molecule has 6 heteroatoms. The number of aromatic nitrogens is 3. The summed E-state index contributed by atoms with van der Waals surface area (Å²) in [5, 5.41) is 0.322. The van der Waals surface area contributed by atoms with Crippen molar-refractivity contribution < 1.29 is 13.1 Å². The van der Waals surface area contributed by atoms with Crippen LogP contribution < -0.4 is 4.74 Å². The standard InChI is InChI=1S/C16H17N3O2S/c1-10-6-11(2)15(17-8-10)9-22(20)16-18-13-5-4-12(21-3)7-14(13)19-16/h4-8H,9H2,1-3H3,(H,18,19)/i3D3. The third-order valence-corrected chi connectivity index (χ3v) is 4.52. The molecule has 3 rings (SSSR count). The van der Waals surface area contributed by atoms with Gasteiger partial charge in [-0.2, -0.15) is 0 Å². The molecule has 0 bridgehead atoms. The Morgan fingerprint density at radius 1 is 1.36 bits per heavy atom. The van der Waals surface area contributed by atoms with E-state index in [4.69, 9.17) is 8.85 Å². The Bertz CT molecular complexity index is 953. The van der Waals surface area contributed by atoms with E-state index in [9.17, 15) is 4.21 Å². The van der Waals surface area contributed by atoms with E-state index in [1.165, 1.54) is 12.1 Å². The summed E-state index contributed by atoms with van der Waals surface area (Å²) < 4.78 is 38.9. The fourth-order valence-corrected chi connectivity index (χ4v) is 3.34. The largest absolute Gasteiger partial charge is 0.497 e. The van der Waals surface area contributed by atoms with Crippen molar-refractivity contribution >= 4 is 21.8 Å². The predicted octanol–water partition coefficient (Wildman–Crippen LogP) is 2.89. The van der Waals surface area contributed by atoms with E-state index in [0.717, 1.165) is 16.8 Å². The highest BCUT2D eigenvalue weighted by Gasteiger charge is 2.13. The van der Waals surface area contributed by atoms with Gasteiger partial charge in [-0.05, 0) is 37.1 Å². The van der Waals surface area contributed by atoms with Gasteiger partial charge in [0.05, 0.1) is 44.4 Å². The number of nitrogens with one attached hydrogen (secondary N) is 1. The fraction of sp³-hybridized carbons (Fsp3) is 0.250. The Balaban J connectivity index is 1.84. The maximum absolute atomic E-state index is 12.6. The zero-order valence-electron chi connectivity index (χ0n) is 15.2. The number of imidazole rings is 1. The van der Waals surface area contributed by atoms with Crippen molar-refractivity contribution in [3.63, 3.8) is 0 Å². The van der Waals surface area contributed by atoms with Crippen LogP contribution in [-0.4, -0.2) is 26.2 Å². The minimum absolute atomic E-state index is 0.199. The van der Waals surface area contributed by atoms with Crippen molar-refractivity contribution in [2.24, 2.45) is 0 Å². The van der Waals surface area contributed by atoms with Crippen molar-refractivity contribution in [1.82, 2.24) is 15.0 Å². The summed E-state index contributed by atoms with van der Waals surface area (Å²) in [5.41, 5.74) is 3.96. The van der Waals surface area contributed by atoms with Gasteiger partial charge in [-0.25, -0.2) is 4.98 Å². The molecule has 2 heterocycles. The van der Waals surface area contributed by atoms with Crippen LogP contribution in [0.1, 0.15) is 20.9 Å². The quantitative estimate of drug-likeness (QED) is 0.803. The van der Waals surface area contributed by atoms with Gasteiger partial charge in [-0.15, -0.1) is 0 Å². The maximum Gasteiger partial charge on any atom is 0.197 e. The van der Waals surface area contributed by atoms with Crippen LogP contribution in [0.4, 0.5) is 0 Å². The molecule has 1 atom stereocenters. The van der Waals surface area contributed by atoms with Crippen molar-refractivity contribution in [2.75, 3.05) is 7.04 Å². The van der Waals surface area contributed by atoms with Gasteiger partial charge in [0.2, 0.25) is 0 Å². The van der Waals surface area contributed by atoms with Crippen LogP contribution >= 0.6 is 0 Å². The molecular formula is C16H17N3O2S. The van der Waals surface area contributed by atoms with E-state index in [2.05, 4.69) is 15.0 Å². The summed E-state index contributed by atoms with van der Waals surface area (Å²) in [7, 11) is -3.91. The molecule has 0 amide bonds. The molecule has 0 spiro atoms. The summed E-state index contributed by atoms with van der Waals surface area (Å²) in [6.45, 7) is 3.89. The van der Waals surface area contributed by atoms with Crippen LogP contribution in [0.3, 0.4) is 0 Å². The van der Waals surface area contributed by atoms with Crippen LogP contribution in [0.5, 0.6) is 5.75 Å². The number of benzene rings is 1. The second-order valence-electron chi connectivity index (χ2n) is 5.09. The van der Waals surface area contributed by atoms with Gasteiger partial charge in [-0.3, -0.25) is 9.19 Å². The van der Waals surface area contributed by atoms with Crippen LogP contribution in [-0.2, 0) is 16.6 Å². The number of nitrogens with zero attached hydrogens (tertiary/aromatic N) is 2. The van der Waals surface area contributed by atoms with Gasteiger partial charge >= 0.3 is 0 Å². The topological polar surface area (TPSA) is 67.9 Å². The third kappa shape index (κ3) is 2.87. The van der Waals surface area contributed by atoms with Crippen LogP contribution in [0.25, 0.3) is 11.0 Å². The highest BCUT2D eigenvalue weighted by molar-refractivity contribution is 7.84. The molecule has 0 saturated carbocycles. The molecular weight excluding hydrogens is 298 g/mol. The molecule has 114 valence electrons. The third-order valence-electron chi connectivity index (χ3n) is 3.36. The van der Waals surface area contributed by atoms with E-state index in [-0.39, 0.29) is 11.5 Å². The lowest BCUT2D eigenvalue weighted by atomic mass is 10.2. The first-order chi connectivity index (χ1) is 11.7. The monoisotopic (exact) mass is 318 g/mol.